The Hall–Kier alpha value is -2.69. The number of piperazine rings is 1. The van der Waals surface area contributed by atoms with Gasteiger partial charge in [-0.2, -0.15) is 0 Å². The zero-order valence-electron chi connectivity index (χ0n) is 19.0. The van der Waals surface area contributed by atoms with Crippen LogP contribution in [0, 0.1) is 0 Å². The second-order valence-corrected chi connectivity index (χ2v) is 9.18. The number of amides is 1. The Morgan fingerprint density at radius 1 is 0.967 bits per heavy atom. The van der Waals surface area contributed by atoms with E-state index in [0.717, 1.165) is 19.6 Å². The van der Waals surface area contributed by atoms with Gasteiger partial charge in [0, 0.05) is 50.1 Å². The summed E-state index contributed by atoms with van der Waals surface area (Å²) < 4.78 is 5.49. The highest BCUT2D eigenvalue weighted by Crippen LogP contribution is 2.25. The average Bonchev–Trinajstić information content (AvgIpc) is 2.72. The minimum atomic E-state index is -0.452. The van der Waals surface area contributed by atoms with Gasteiger partial charge in [0.25, 0.3) is 0 Å². The number of ether oxygens (including phenoxy) is 1. The first-order chi connectivity index (χ1) is 14.2. The van der Waals surface area contributed by atoms with E-state index in [0.29, 0.717) is 19.1 Å². The predicted octanol–water partition coefficient (Wildman–Crippen LogP) is 5.16. The summed E-state index contributed by atoms with van der Waals surface area (Å²) in [5.74, 6) is 0. The van der Waals surface area contributed by atoms with E-state index in [9.17, 15) is 4.79 Å². The van der Waals surface area contributed by atoms with Gasteiger partial charge < -0.3 is 19.4 Å². The lowest BCUT2D eigenvalue weighted by atomic mass is 10.1. The summed E-state index contributed by atoms with van der Waals surface area (Å²) in [4.78, 5) is 18.8. The fraction of sp³-hybridized carbons (Fsp3) is 0.480. The first-order valence-corrected chi connectivity index (χ1v) is 10.9. The molecule has 0 N–H and O–H groups in total. The number of carbonyl (C=O) groups excluding carboxylic acids is 1. The van der Waals surface area contributed by atoms with Crippen molar-refractivity contribution in [3.8, 4) is 0 Å². The van der Waals surface area contributed by atoms with Crippen LogP contribution in [0.15, 0.2) is 54.6 Å². The number of nitrogens with zero attached hydrogens (tertiary/aromatic N) is 3. The third-order valence-electron chi connectivity index (χ3n) is 5.30. The summed E-state index contributed by atoms with van der Waals surface area (Å²) >= 11 is 0. The minimum Gasteiger partial charge on any atom is -0.444 e. The number of rotatable bonds is 5. The fourth-order valence-electron chi connectivity index (χ4n) is 3.68. The molecule has 0 bridgehead atoms. The summed E-state index contributed by atoms with van der Waals surface area (Å²) in [5.41, 5.74) is 3.29. The monoisotopic (exact) mass is 409 g/mol. The van der Waals surface area contributed by atoms with Crippen LogP contribution in [0.5, 0.6) is 0 Å². The van der Waals surface area contributed by atoms with Crippen molar-refractivity contribution in [2.45, 2.75) is 52.8 Å². The average molecular weight is 410 g/mol. The van der Waals surface area contributed by atoms with Crippen LogP contribution in [0.4, 0.5) is 16.2 Å². The minimum absolute atomic E-state index is 0.217. The summed E-state index contributed by atoms with van der Waals surface area (Å²) in [6.45, 7) is 14.1. The second-order valence-electron chi connectivity index (χ2n) is 9.18. The Morgan fingerprint density at radius 3 is 2.10 bits per heavy atom. The van der Waals surface area contributed by atoms with Gasteiger partial charge in [-0.1, -0.05) is 30.3 Å². The van der Waals surface area contributed by atoms with Crippen molar-refractivity contribution in [2.24, 2.45) is 0 Å². The summed E-state index contributed by atoms with van der Waals surface area (Å²) in [7, 11) is 0. The maximum Gasteiger partial charge on any atom is 0.410 e. The molecule has 5 heteroatoms. The van der Waals surface area contributed by atoms with Crippen molar-refractivity contribution in [1.29, 1.82) is 0 Å². The largest absolute Gasteiger partial charge is 0.444 e. The number of hydrogen-bond acceptors (Lipinski definition) is 4. The van der Waals surface area contributed by atoms with Crippen LogP contribution < -0.4 is 9.80 Å². The Bertz CT molecular complexity index is 805. The lowest BCUT2D eigenvalue weighted by Gasteiger charge is -2.37. The highest BCUT2D eigenvalue weighted by Gasteiger charge is 2.26. The maximum absolute atomic E-state index is 12.3. The van der Waals surface area contributed by atoms with Gasteiger partial charge in [0.05, 0.1) is 0 Å². The molecule has 0 saturated carbocycles. The van der Waals surface area contributed by atoms with Crippen LogP contribution in [-0.2, 0) is 11.3 Å². The highest BCUT2D eigenvalue weighted by molar-refractivity contribution is 5.68. The Labute approximate surface area is 181 Å². The van der Waals surface area contributed by atoms with Gasteiger partial charge in [0.2, 0.25) is 0 Å². The molecule has 5 nitrogen and oxygen atoms in total. The normalized spacial score (nSPS) is 14.7. The SMILES string of the molecule is CC(C)N(Cc1ccccc1)c1ccc(N2CCN(C(=O)OC(C)(C)C)CC2)cc1. The lowest BCUT2D eigenvalue weighted by molar-refractivity contribution is 0.0240. The first kappa shape index (κ1) is 22.0. The Kier molecular flexibility index (Phi) is 6.91. The standard InChI is InChI=1S/C25H35N3O2/c1-20(2)28(19-21-9-7-6-8-10-21)23-13-11-22(12-14-23)26-15-17-27(18-16-26)24(29)30-25(3,4)5/h6-14,20H,15-19H2,1-5H3. The third kappa shape index (κ3) is 5.91. The lowest BCUT2D eigenvalue weighted by Crippen LogP contribution is -2.50. The molecule has 0 radical (unpaired) electrons. The van der Waals surface area contributed by atoms with E-state index in [4.69, 9.17) is 4.74 Å². The molecule has 1 heterocycles. The Morgan fingerprint density at radius 2 is 1.57 bits per heavy atom. The van der Waals surface area contributed by atoms with Crippen molar-refractivity contribution < 1.29 is 9.53 Å². The van der Waals surface area contributed by atoms with Crippen molar-refractivity contribution in [3.63, 3.8) is 0 Å². The van der Waals surface area contributed by atoms with E-state index in [2.05, 4.69) is 78.2 Å². The summed E-state index contributed by atoms with van der Waals surface area (Å²) in [5, 5.41) is 0. The van der Waals surface area contributed by atoms with Gasteiger partial charge in [0.15, 0.2) is 0 Å². The molecule has 1 aliphatic heterocycles. The smallest absolute Gasteiger partial charge is 0.410 e. The van der Waals surface area contributed by atoms with E-state index in [1.54, 1.807) is 4.90 Å². The van der Waals surface area contributed by atoms with Crippen LogP contribution in [-0.4, -0.2) is 48.8 Å². The van der Waals surface area contributed by atoms with E-state index in [1.165, 1.54) is 16.9 Å². The highest BCUT2D eigenvalue weighted by atomic mass is 16.6. The molecule has 0 aromatic heterocycles. The van der Waals surface area contributed by atoms with E-state index in [-0.39, 0.29) is 6.09 Å². The maximum atomic E-state index is 12.3. The molecule has 0 atom stereocenters. The van der Waals surface area contributed by atoms with Crippen LogP contribution in [0.3, 0.4) is 0 Å². The van der Waals surface area contributed by atoms with Crippen LogP contribution in [0.2, 0.25) is 0 Å². The quantitative estimate of drug-likeness (QED) is 0.683. The molecule has 1 amide bonds. The van der Waals surface area contributed by atoms with Gasteiger partial charge in [-0.25, -0.2) is 4.79 Å². The molecule has 162 valence electrons. The van der Waals surface area contributed by atoms with Crippen molar-refractivity contribution in [2.75, 3.05) is 36.0 Å². The number of carbonyl (C=O) groups is 1. The summed E-state index contributed by atoms with van der Waals surface area (Å²) in [6.07, 6.45) is -0.217. The molecule has 1 fully saturated rings. The first-order valence-electron chi connectivity index (χ1n) is 10.9. The predicted molar refractivity (Wildman–Crippen MR) is 124 cm³/mol. The molecule has 3 rings (SSSR count). The molecule has 30 heavy (non-hydrogen) atoms. The molecular formula is C25H35N3O2. The zero-order valence-corrected chi connectivity index (χ0v) is 19.0. The molecular weight excluding hydrogens is 374 g/mol. The van der Waals surface area contributed by atoms with Gasteiger partial charge in [-0.05, 0) is 64.4 Å². The van der Waals surface area contributed by atoms with Crippen molar-refractivity contribution in [1.82, 2.24) is 4.90 Å². The third-order valence-corrected chi connectivity index (χ3v) is 5.30. The number of hydrogen-bond donors (Lipinski definition) is 0. The van der Waals surface area contributed by atoms with Crippen LogP contribution in [0.1, 0.15) is 40.2 Å². The van der Waals surface area contributed by atoms with Gasteiger partial charge >= 0.3 is 6.09 Å². The molecule has 0 spiro atoms. The fourth-order valence-corrected chi connectivity index (χ4v) is 3.68. The van der Waals surface area contributed by atoms with Crippen molar-refractivity contribution >= 4 is 17.5 Å². The number of benzene rings is 2. The molecule has 1 saturated heterocycles. The van der Waals surface area contributed by atoms with Gasteiger partial charge in [0.1, 0.15) is 5.60 Å². The molecule has 2 aromatic carbocycles. The second kappa shape index (κ2) is 9.41. The van der Waals surface area contributed by atoms with Gasteiger partial charge in [-0.3, -0.25) is 0 Å². The van der Waals surface area contributed by atoms with Crippen molar-refractivity contribution in [3.05, 3.63) is 60.2 Å². The topological polar surface area (TPSA) is 36.0 Å². The zero-order chi connectivity index (χ0) is 21.7. The molecule has 0 aliphatic carbocycles. The van der Waals surface area contributed by atoms with E-state index >= 15 is 0 Å². The molecule has 0 unspecified atom stereocenters. The molecule has 2 aromatic rings. The Balaban J connectivity index is 1.61. The van der Waals surface area contributed by atoms with E-state index in [1.807, 2.05) is 20.8 Å². The number of anilines is 2. The van der Waals surface area contributed by atoms with Gasteiger partial charge in [-0.15, -0.1) is 0 Å². The molecule has 1 aliphatic rings. The van der Waals surface area contributed by atoms with E-state index < -0.39 is 5.60 Å². The van der Waals surface area contributed by atoms with Crippen LogP contribution >= 0.6 is 0 Å². The summed E-state index contributed by atoms with van der Waals surface area (Å²) in [6, 6.07) is 19.8. The van der Waals surface area contributed by atoms with Crippen LogP contribution in [0.25, 0.3) is 0 Å².